The SMILES string of the molecule is CCNC(=NCc1ccc(OCC)c(F)c1)NCCCOCC1CCOC1.I. The molecule has 1 aliphatic heterocycles. The first-order chi connectivity index (χ1) is 13.2. The van der Waals surface area contributed by atoms with Crippen molar-refractivity contribution in [2.24, 2.45) is 10.9 Å². The minimum absolute atomic E-state index is 0. The van der Waals surface area contributed by atoms with E-state index in [0.29, 0.717) is 25.7 Å². The van der Waals surface area contributed by atoms with Gasteiger partial charge in [-0.3, -0.25) is 0 Å². The van der Waals surface area contributed by atoms with Gasteiger partial charge in [-0.1, -0.05) is 6.07 Å². The molecular formula is C20H33FIN3O3. The maximum Gasteiger partial charge on any atom is 0.191 e. The molecule has 2 rings (SSSR count). The predicted molar refractivity (Wildman–Crippen MR) is 120 cm³/mol. The Hall–Kier alpha value is -1.13. The van der Waals surface area contributed by atoms with Gasteiger partial charge in [-0.2, -0.15) is 0 Å². The molecule has 0 bridgehead atoms. The number of nitrogens with zero attached hydrogens (tertiary/aromatic N) is 1. The topological polar surface area (TPSA) is 64.1 Å². The standard InChI is InChI=1S/C20H32FN3O3.HI/c1-3-22-20(23-9-5-10-25-14-17-8-11-26-15-17)24-13-16-6-7-19(27-4-2)18(21)12-16;/h6-7,12,17H,3-5,8-11,13-15H2,1-2H3,(H2,22,23,24);1H. The Labute approximate surface area is 184 Å². The summed E-state index contributed by atoms with van der Waals surface area (Å²) in [6.07, 6.45) is 2.00. The van der Waals surface area contributed by atoms with E-state index in [9.17, 15) is 4.39 Å². The third-order valence-corrected chi connectivity index (χ3v) is 4.20. The normalized spacial score (nSPS) is 16.5. The molecular weight excluding hydrogens is 476 g/mol. The van der Waals surface area contributed by atoms with Gasteiger partial charge in [0.05, 0.1) is 26.4 Å². The van der Waals surface area contributed by atoms with Gasteiger partial charge in [-0.15, -0.1) is 24.0 Å². The zero-order valence-corrected chi connectivity index (χ0v) is 19.2. The second-order valence-electron chi connectivity index (χ2n) is 6.48. The molecule has 0 radical (unpaired) electrons. The summed E-state index contributed by atoms with van der Waals surface area (Å²) in [5.41, 5.74) is 0.801. The third-order valence-electron chi connectivity index (χ3n) is 4.20. The molecule has 0 aliphatic carbocycles. The molecule has 1 aromatic carbocycles. The molecule has 160 valence electrons. The van der Waals surface area contributed by atoms with Crippen LogP contribution in [0.5, 0.6) is 5.75 Å². The van der Waals surface area contributed by atoms with Crippen LogP contribution in [0.1, 0.15) is 32.3 Å². The summed E-state index contributed by atoms with van der Waals surface area (Å²) in [6, 6.07) is 4.96. The zero-order valence-electron chi connectivity index (χ0n) is 16.8. The Morgan fingerprint density at radius 3 is 2.86 bits per heavy atom. The van der Waals surface area contributed by atoms with Gasteiger partial charge in [0.1, 0.15) is 0 Å². The molecule has 8 heteroatoms. The molecule has 0 spiro atoms. The van der Waals surface area contributed by atoms with Crippen molar-refractivity contribution in [3.05, 3.63) is 29.6 Å². The first-order valence-corrected chi connectivity index (χ1v) is 9.81. The smallest absolute Gasteiger partial charge is 0.191 e. The maximum absolute atomic E-state index is 13.9. The van der Waals surface area contributed by atoms with Gasteiger partial charge >= 0.3 is 0 Å². The van der Waals surface area contributed by atoms with Gasteiger partial charge in [-0.25, -0.2) is 9.38 Å². The predicted octanol–water partition coefficient (Wildman–Crippen LogP) is 3.34. The van der Waals surface area contributed by atoms with Crippen molar-refractivity contribution in [2.75, 3.05) is 46.1 Å². The van der Waals surface area contributed by atoms with E-state index in [1.807, 2.05) is 19.9 Å². The van der Waals surface area contributed by atoms with Crippen LogP contribution in [-0.2, 0) is 16.0 Å². The molecule has 6 nitrogen and oxygen atoms in total. The van der Waals surface area contributed by atoms with E-state index >= 15 is 0 Å². The summed E-state index contributed by atoms with van der Waals surface area (Å²) >= 11 is 0. The fraction of sp³-hybridized carbons (Fsp3) is 0.650. The second-order valence-corrected chi connectivity index (χ2v) is 6.48. The highest BCUT2D eigenvalue weighted by Crippen LogP contribution is 2.18. The Kier molecular flexibility index (Phi) is 13.2. The van der Waals surface area contributed by atoms with E-state index in [1.165, 1.54) is 6.07 Å². The quantitative estimate of drug-likeness (QED) is 0.208. The van der Waals surface area contributed by atoms with Gasteiger partial charge in [0, 0.05) is 32.2 Å². The van der Waals surface area contributed by atoms with Gasteiger partial charge in [-0.05, 0) is 44.4 Å². The summed E-state index contributed by atoms with van der Waals surface area (Å²) < 4.78 is 30.2. The summed E-state index contributed by atoms with van der Waals surface area (Å²) in [4.78, 5) is 4.51. The Balaban J connectivity index is 0.00000392. The highest BCUT2D eigenvalue weighted by Gasteiger charge is 2.15. The highest BCUT2D eigenvalue weighted by molar-refractivity contribution is 14.0. The van der Waals surface area contributed by atoms with Crippen LogP contribution in [0.4, 0.5) is 4.39 Å². The van der Waals surface area contributed by atoms with Gasteiger partial charge < -0.3 is 24.8 Å². The van der Waals surface area contributed by atoms with Crippen molar-refractivity contribution in [3.8, 4) is 5.75 Å². The molecule has 1 aliphatic rings. The first-order valence-electron chi connectivity index (χ1n) is 9.81. The fourth-order valence-electron chi connectivity index (χ4n) is 2.77. The first kappa shape index (κ1) is 24.9. The van der Waals surface area contributed by atoms with Crippen LogP contribution in [0.15, 0.2) is 23.2 Å². The molecule has 2 N–H and O–H groups in total. The second kappa shape index (κ2) is 14.8. The van der Waals surface area contributed by atoms with Gasteiger partial charge in [0.25, 0.3) is 0 Å². The van der Waals surface area contributed by atoms with E-state index < -0.39 is 0 Å². The molecule has 1 unspecified atom stereocenters. The van der Waals surface area contributed by atoms with Crippen LogP contribution in [-0.4, -0.2) is 52.1 Å². The van der Waals surface area contributed by atoms with E-state index in [0.717, 1.165) is 57.3 Å². The molecule has 0 saturated carbocycles. The van der Waals surface area contributed by atoms with Crippen LogP contribution in [0.2, 0.25) is 0 Å². The third kappa shape index (κ3) is 9.38. The molecule has 28 heavy (non-hydrogen) atoms. The van der Waals surface area contributed by atoms with E-state index in [2.05, 4.69) is 15.6 Å². The zero-order chi connectivity index (χ0) is 19.3. The number of benzene rings is 1. The number of guanidine groups is 1. The van der Waals surface area contributed by atoms with Crippen molar-refractivity contribution < 1.29 is 18.6 Å². The maximum atomic E-state index is 13.9. The van der Waals surface area contributed by atoms with Gasteiger partial charge in [0.2, 0.25) is 0 Å². The molecule has 1 fully saturated rings. The van der Waals surface area contributed by atoms with Gasteiger partial charge in [0.15, 0.2) is 17.5 Å². The van der Waals surface area contributed by atoms with E-state index in [1.54, 1.807) is 6.07 Å². The molecule has 0 aromatic heterocycles. The van der Waals surface area contributed by atoms with E-state index in [-0.39, 0.29) is 35.5 Å². The van der Waals surface area contributed by atoms with Crippen molar-refractivity contribution in [3.63, 3.8) is 0 Å². The van der Waals surface area contributed by atoms with Crippen LogP contribution < -0.4 is 15.4 Å². The molecule has 1 atom stereocenters. The molecule has 1 saturated heterocycles. The van der Waals surface area contributed by atoms with Crippen LogP contribution in [0.3, 0.4) is 0 Å². The lowest BCUT2D eigenvalue weighted by atomic mass is 10.1. The Morgan fingerprint density at radius 1 is 1.32 bits per heavy atom. The highest BCUT2D eigenvalue weighted by atomic mass is 127. The number of rotatable bonds is 11. The summed E-state index contributed by atoms with van der Waals surface area (Å²) in [7, 11) is 0. The van der Waals surface area contributed by atoms with Crippen molar-refractivity contribution in [1.29, 1.82) is 0 Å². The molecule has 0 amide bonds. The molecule has 1 heterocycles. The average molecular weight is 509 g/mol. The lowest BCUT2D eigenvalue weighted by molar-refractivity contribution is 0.0888. The number of hydrogen-bond acceptors (Lipinski definition) is 4. The fourth-order valence-corrected chi connectivity index (χ4v) is 2.77. The van der Waals surface area contributed by atoms with Crippen LogP contribution >= 0.6 is 24.0 Å². The number of nitrogens with one attached hydrogen (secondary N) is 2. The number of ether oxygens (including phenoxy) is 3. The summed E-state index contributed by atoms with van der Waals surface area (Å²) in [6.45, 7) is 9.40. The largest absolute Gasteiger partial charge is 0.491 e. The average Bonchev–Trinajstić information content (AvgIpc) is 3.18. The number of halogens is 2. The van der Waals surface area contributed by atoms with E-state index in [4.69, 9.17) is 14.2 Å². The minimum Gasteiger partial charge on any atom is -0.491 e. The Morgan fingerprint density at radius 2 is 2.18 bits per heavy atom. The monoisotopic (exact) mass is 509 g/mol. The lowest BCUT2D eigenvalue weighted by Gasteiger charge is -2.12. The molecule has 1 aromatic rings. The van der Waals surface area contributed by atoms with Crippen molar-refractivity contribution in [2.45, 2.75) is 33.2 Å². The lowest BCUT2D eigenvalue weighted by Crippen LogP contribution is -2.38. The van der Waals surface area contributed by atoms with Crippen molar-refractivity contribution >= 4 is 29.9 Å². The van der Waals surface area contributed by atoms with Crippen molar-refractivity contribution in [1.82, 2.24) is 10.6 Å². The Bertz CT molecular complexity index is 584. The number of aliphatic imine (C=N–C) groups is 1. The summed E-state index contributed by atoms with van der Waals surface area (Å²) in [5.74, 6) is 1.19. The summed E-state index contributed by atoms with van der Waals surface area (Å²) in [5, 5.41) is 6.48. The minimum atomic E-state index is -0.354. The van der Waals surface area contributed by atoms with Crippen LogP contribution in [0.25, 0.3) is 0 Å². The van der Waals surface area contributed by atoms with Crippen LogP contribution in [0, 0.1) is 11.7 Å². The number of hydrogen-bond donors (Lipinski definition) is 2.